The molecule has 0 spiro atoms. The van der Waals surface area contributed by atoms with E-state index >= 15 is 0 Å². The molecule has 0 saturated heterocycles. The summed E-state index contributed by atoms with van der Waals surface area (Å²) in [5.74, 6) is -0.0733. The number of benzene rings is 1. The lowest BCUT2D eigenvalue weighted by Gasteiger charge is -2.20. The molecular formula is C24H26N6O. The fourth-order valence-corrected chi connectivity index (χ4v) is 3.62. The number of carbonyl (C=O) groups is 1. The Bertz CT molecular complexity index is 1190. The van der Waals surface area contributed by atoms with Crippen LogP contribution in [0.15, 0.2) is 67.4 Å². The van der Waals surface area contributed by atoms with Crippen LogP contribution in [0.2, 0.25) is 0 Å². The van der Waals surface area contributed by atoms with Gasteiger partial charge < -0.3 is 14.4 Å². The molecule has 0 aliphatic heterocycles. The van der Waals surface area contributed by atoms with Crippen molar-refractivity contribution in [3.05, 3.63) is 89.6 Å². The van der Waals surface area contributed by atoms with Gasteiger partial charge in [-0.05, 0) is 42.9 Å². The van der Waals surface area contributed by atoms with Crippen molar-refractivity contribution in [2.45, 2.75) is 19.6 Å². The zero-order valence-electron chi connectivity index (χ0n) is 18.1. The van der Waals surface area contributed by atoms with E-state index in [0.29, 0.717) is 24.2 Å². The maximum absolute atomic E-state index is 13.1. The van der Waals surface area contributed by atoms with E-state index in [-0.39, 0.29) is 5.91 Å². The molecule has 7 nitrogen and oxygen atoms in total. The average Bonchev–Trinajstić information content (AvgIpc) is 3.17. The maximum atomic E-state index is 13.1. The molecule has 31 heavy (non-hydrogen) atoms. The molecule has 0 bridgehead atoms. The fraction of sp³-hybridized carbons (Fsp3) is 0.250. The number of aromatic nitrogens is 4. The predicted molar refractivity (Wildman–Crippen MR) is 120 cm³/mol. The van der Waals surface area contributed by atoms with Crippen molar-refractivity contribution >= 4 is 17.1 Å². The van der Waals surface area contributed by atoms with Gasteiger partial charge in [0.25, 0.3) is 5.91 Å². The van der Waals surface area contributed by atoms with Crippen molar-refractivity contribution < 1.29 is 4.79 Å². The zero-order chi connectivity index (χ0) is 21.8. The third kappa shape index (κ3) is 4.78. The second kappa shape index (κ2) is 9.06. The number of hydrogen-bond acceptors (Lipinski definition) is 5. The Labute approximate surface area is 182 Å². The maximum Gasteiger partial charge on any atom is 0.255 e. The molecular weight excluding hydrogens is 388 g/mol. The first kappa shape index (κ1) is 20.7. The summed E-state index contributed by atoms with van der Waals surface area (Å²) in [5.41, 5.74) is 5.42. The number of pyridine rings is 2. The van der Waals surface area contributed by atoms with Gasteiger partial charge in [-0.25, -0.2) is 9.97 Å². The molecule has 0 saturated carbocycles. The number of fused-ring (bicyclic) bond motifs is 1. The minimum atomic E-state index is -0.0733. The van der Waals surface area contributed by atoms with Crippen LogP contribution < -0.4 is 0 Å². The molecule has 7 heteroatoms. The number of carbonyl (C=O) groups excluding carboxylic acids is 1. The van der Waals surface area contributed by atoms with Gasteiger partial charge >= 0.3 is 0 Å². The molecule has 0 N–H and O–H groups in total. The summed E-state index contributed by atoms with van der Waals surface area (Å²) in [6.45, 7) is 2.00. The minimum Gasteiger partial charge on any atom is -0.337 e. The van der Waals surface area contributed by atoms with E-state index in [0.717, 1.165) is 23.3 Å². The van der Waals surface area contributed by atoms with Crippen LogP contribution >= 0.6 is 0 Å². The highest BCUT2D eigenvalue weighted by atomic mass is 16.2. The van der Waals surface area contributed by atoms with Crippen LogP contribution in [0.1, 0.15) is 27.0 Å². The number of hydrogen-bond donors (Lipinski definition) is 0. The van der Waals surface area contributed by atoms with Crippen molar-refractivity contribution in [3.63, 3.8) is 0 Å². The lowest BCUT2D eigenvalue weighted by atomic mass is 10.1. The van der Waals surface area contributed by atoms with Crippen molar-refractivity contribution in [2.75, 3.05) is 21.1 Å². The molecule has 3 heterocycles. The Morgan fingerprint density at radius 2 is 1.74 bits per heavy atom. The van der Waals surface area contributed by atoms with Crippen LogP contribution in [0, 0.1) is 0 Å². The Balaban J connectivity index is 1.52. The highest BCUT2D eigenvalue weighted by molar-refractivity contribution is 5.96. The van der Waals surface area contributed by atoms with Gasteiger partial charge in [0.05, 0.1) is 18.4 Å². The summed E-state index contributed by atoms with van der Waals surface area (Å²) >= 11 is 0. The van der Waals surface area contributed by atoms with E-state index in [1.165, 1.54) is 5.56 Å². The van der Waals surface area contributed by atoms with Crippen molar-refractivity contribution in [3.8, 4) is 0 Å². The molecule has 4 aromatic rings. The highest BCUT2D eigenvalue weighted by Gasteiger charge is 2.16. The van der Waals surface area contributed by atoms with Gasteiger partial charge in [-0.15, -0.1) is 0 Å². The van der Waals surface area contributed by atoms with E-state index in [4.69, 9.17) is 0 Å². The van der Waals surface area contributed by atoms with Crippen LogP contribution in [0.5, 0.6) is 0 Å². The van der Waals surface area contributed by atoms with Gasteiger partial charge in [-0.3, -0.25) is 9.78 Å². The molecule has 4 rings (SSSR count). The molecule has 158 valence electrons. The molecule has 0 fully saturated rings. The Morgan fingerprint density at radius 1 is 0.968 bits per heavy atom. The summed E-state index contributed by atoms with van der Waals surface area (Å²) in [6, 6.07) is 14.0. The summed E-state index contributed by atoms with van der Waals surface area (Å²) in [4.78, 5) is 30.0. The quantitative estimate of drug-likeness (QED) is 0.465. The smallest absolute Gasteiger partial charge is 0.255 e. The first-order valence-corrected chi connectivity index (χ1v) is 10.2. The third-order valence-corrected chi connectivity index (χ3v) is 5.14. The Hall–Kier alpha value is -3.58. The number of rotatable bonds is 7. The van der Waals surface area contributed by atoms with Gasteiger partial charge in [0, 0.05) is 38.7 Å². The van der Waals surface area contributed by atoms with Crippen molar-refractivity contribution in [2.24, 2.45) is 0 Å². The molecule has 1 amide bonds. The largest absolute Gasteiger partial charge is 0.337 e. The molecule has 0 aliphatic carbocycles. The lowest BCUT2D eigenvalue weighted by Crippen LogP contribution is -2.27. The normalized spacial score (nSPS) is 11.2. The van der Waals surface area contributed by atoms with Crippen LogP contribution in [-0.4, -0.2) is 56.4 Å². The predicted octanol–water partition coefficient (Wildman–Crippen LogP) is 3.21. The lowest BCUT2D eigenvalue weighted by molar-refractivity contribution is 0.0784. The van der Waals surface area contributed by atoms with E-state index in [1.807, 2.05) is 62.2 Å². The molecule has 0 atom stereocenters. The SMILES string of the molecule is CN(C)Cc1ccccc1CN(C)C(=O)c1cnc2c(c1)ncn2Cc1cccnc1. The van der Waals surface area contributed by atoms with E-state index < -0.39 is 0 Å². The van der Waals surface area contributed by atoms with Crippen molar-refractivity contribution in [1.82, 2.24) is 29.3 Å². The van der Waals surface area contributed by atoms with E-state index in [2.05, 4.69) is 32.0 Å². The average molecular weight is 415 g/mol. The number of nitrogens with zero attached hydrogens (tertiary/aromatic N) is 6. The molecule has 0 aliphatic rings. The number of amides is 1. The molecule has 0 radical (unpaired) electrons. The topological polar surface area (TPSA) is 67.2 Å². The van der Waals surface area contributed by atoms with Gasteiger partial charge in [0.1, 0.15) is 5.52 Å². The minimum absolute atomic E-state index is 0.0733. The Kier molecular flexibility index (Phi) is 6.04. The number of imidazole rings is 1. The monoisotopic (exact) mass is 414 g/mol. The summed E-state index contributed by atoms with van der Waals surface area (Å²) < 4.78 is 1.96. The first-order chi connectivity index (χ1) is 15.0. The first-order valence-electron chi connectivity index (χ1n) is 10.2. The summed E-state index contributed by atoms with van der Waals surface area (Å²) in [6.07, 6.45) is 6.96. The zero-order valence-corrected chi connectivity index (χ0v) is 18.1. The highest BCUT2D eigenvalue weighted by Crippen LogP contribution is 2.17. The van der Waals surface area contributed by atoms with Crippen LogP contribution in [0.3, 0.4) is 0 Å². The van der Waals surface area contributed by atoms with Gasteiger partial charge in [0.15, 0.2) is 5.65 Å². The van der Waals surface area contributed by atoms with E-state index in [9.17, 15) is 4.79 Å². The van der Waals surface area contributed by atoms with Crippen molar-refractivity contribution in [1.29, 1.82) is 0 Å². The molecule has 0 unspecified atom stereocenters. The molecule has 3 aromatic heterocycles. The summed E-state index contributed by atoms with van der Waals surface area (Å²) in [7, 11) is 5.90. The van der Waals surface area contributed by atoms with Gasteiger partial charge in [0.2, 0.25) is 0 Å². The molecule has 1 aromatic carbocycles. The van der Waals surface area contributed by atoms with E-state index in [1.54, 1.807) is 23.6 Å². The Morgan fingerprint density at radius 3 is 2.45 bits per heavy atom. The van der Waals surface area contributed by atoms with Crippen LogP contribution in [-0.2, 0) is 19.6 Å². The van der Waals surface area contributed by atoms with Gasteiger partial charge in [-0.1, -0.05) is 30.3 Å². The third-order valence-electron chi connectivity index (χ3n) is 5.14. The van der Waals surface area contributed by atoms with Crippen LogP contribution in [0.4, 0.5) is 0 Å². The standard InChI is InChI=1S/C24H26N6O/c1-28(2)15-19-8-4-5-9-20(19)16-29(3)24(31)21-11-22-23(26-13-21)30(17-27-22)14-18-7-6-10-25-12-18/h4-13,17H,14-16H2,1-3H3. The van der Waals surface area contributed by atoms with Crippen LogP contribution in [0.25, 0.3) is 11.2 Å². The van der Waals surface area contributed by atoms with Gasteiger partial charge in [-0.2, -0.15) is 0 Å². The summed E-state index contributed by atoms with van der Waals surface area (Å²) in [5, 5.41) is 0. The second-order valence-electron chi connectivity index (χ2n) is 7.97. The second-order valence-corrected chi connectivity index (χ2v) is 7.97. The fourth-order valence-electron chi connectivity index (χ4n) is 3.62.